The Kier molecular flexibility index (Phi) is 4.73. The fourth-order valence-electron chi connectivity index (χ4n) is 1.96. The van der Waals surface area contributed by atoms with E-state index >= 15 is 0 Å². The van der Waals surface area contributed by atoms with E-state index in [0.717, 1.165) is 19.3 Å². The van der Waals surface area contributed by atoms with Crippen molar-refractivity contribution in [1.82, 2.24) is 0 Å². The molecule has 0 aliphatic carbocycles. The Hall–Kier alpha value is -1.89. The minimum atomic E-state index is -1.18. The first-order chi connectivity index (χ1) is 9.63. The molecule has 7 heteroatoms. The molecule has 0 radical (unpaired) electrons. The van der Waals surface area contributed by atoms with Gasteiger partial charge in [0.15, 0.2) is 11.5 Å². The van der Waals surface area contributed by atoms with Gasteiger partial charge in [-0.15, -0.1) is 0 Å². The average molecular weight is 280 g/mol. The first-order valence-electron chi connectivity index (χ1n) is 6.64. The number of carboxylic acid groups (broad SMARTS) is 1. The number of unbranched alkanes of at least 4 members (excludes halogenated alkanes) is 2. The van der Waals surface area contributed by atoms with E-state index < -0.39 is 13.1 Å². The lowest BCUT2D eigenvalue weighted by molar-refractivity contribution is 0.0688. The van der Waals surface area contributed by atoms with Crippen LogP contribution in [0.15, 0.2) is 12.1 Å². The van der Waals surface area contributed by atoms with Gasteiger partial charge in [0, 0.05) is 0 Å². The van der Waals surface area contributed by atoms with Gasteiger partial charge in [0.2, 0.25) is 0 Å². The van der Waals surface area contributed by atoms with Crippen molar-refractivity contribution in [3.05, 3.63) is 17.7 Å². The molecule has 0 saturated carbocycles. The Balaban J connectivity index is 2.23. The van der Waals surface area contributed by atoms with Gasteiger partial charge in [-0.3, -0.25) is 0 Å². The van der Waals surface area contributed by atoms with Crippen LogP contribution in [0.5, 0.6) is 17.2 Å². The summed E-state index contributed by atoms with van der Waals surface area (Å²) >= 11 is 0. The molecular formula is C13H17BO6. The van der Waals surface area contributed by atoms with Gasteiger partial charge in [0.25, 0.3) is 0 Å². The second-order valence-electron chi connectivity index (χ2n) is 4.51. The molecule has 0 saturated heterocycles. The minimum Gasteiger partial charge on any atom is -0.531 e. The fraction of sp³-hybridized carbons (Fsp3) is 0.462. The van der Waals surface area contributed by atoms with Gasteiger partial charge in [-0.05, 0) is 18.6 Å². The second kappa shape index (κ2) is 6.52. The number of aromatic carboxylic acids is 1. The number of rotatable bonds is 6. The van der Waals surface area contributed by atoms with Gasteiger partial charge in [-0.25, -0.2) is 4.79 Å². The van der Waals surface area contributed by atoms with Crippen LogP contribution in [0.1, 0.15) is 36.5 Å². The maximum absolute atomic E-state index is 11.4. The number of carboxylic acids is 1. The highest BCUT2D eigenvalue weighted by molar-refractivity contribution is 6.44. The molecule has 2 rings (SSSR count). The summed E-state index contributed by atoms with van der Waals surface area (Å²) in [5.74, 6) is -0.632. The van der Waals surface area contributed by atoms with Gasteiger partial charge in [-0.2, -0.15) is 0 Å². The van der Waals surface area contributed by atoms with Crippen LogP contribution in [0.3, 0.4) is 0 Å². The van der Waals surface area contributed by atoms with E-state index in [1.165, 1.54) is 0 Å². The monoisotopic (exact) mass is 280 g/mol. The van der Waals surface area contributed by atoms with Crippen molar-refractivity contribution >= 4 is 13.1 Å². The van der Waals surface area contributed by atoms with Crippen LogP contribution >= 0.6 is 0 Å². The number of hydrogen-bond acceptors (Lipinski definition) is 5. The highest BCUT2D eigenvalue weighted by atomic mass is 16.6. The van der Waals surface area contributed by atoms with Gasteiger partial charge in [-0.1, -0.05) is 19.8 Å². The standard InChI is InChI=1S/C13H17BO6/c1-2-3-4-7-18-9-5-6-10-12(11(9)13(15)16)20-14(17)8-19-10/h5-6,17H,2-4,7-8H2,1H3,(H,15,16). The summed E-state index contributed by atoms with van der Waals surface area (Å²) in [7, 11) is -1.17. The Labute approximate surface area is 117 Å². The van der Waals surface area contributed by atoms with Crippen molar-refractivity contribution in [2.24, 2.45) is 0 Å². The van der Waals surface area contributed by atoms with Gasteiger partial charge in [0.05, 0.1) is 6.61 Å². The van der Waals surface area contributed by atoms with Gasteiger partial charge >= 0.3 is 13.1 Å². The summed E-state index contributed by atoms with van der Waals surface area (Å²) in [4.78, 5) is 11.4. The van der Waals surface area contributed by atoms with E-state index in [9.17, 15) is 14.9 Å². The molecular weight excluding hydrogens is 263 g/mol. The molecule has 6 nitrogen and oxygen atoms in total. The topological polar surface area (TPSA) is 85.2 Å². The molecule has 0 spiro atoms. The zero-order valence-electron chi connectivity index (χ0n) is 11.3. The van der Waals surface area contributed by atoms with Crippen LogP contribution < -0.4 is 14.1 Å². The van der Waals surface area contributed by atoms with Gasteiger partial charge in [0.1, 0.15) is 17.8 Å². The van der Waals surface area contributed by atoms with E-state index in [1.54, 1.807) is 12.1 Å². The third kappa shape index (κ3) is 3.16. The molecule has 1 aromatic carbocycles. The molecule has 0 atom stereocenters. The third-order valence-electron chi connectivity index (χ3n) is 2.94. The minimum absolute atomic E-state index is 0.0178. The lowest BCUT2D eigenvalue weighted by Crippen LogP contribution is -2.34. The number of carbonyl (C=O) groups is 1. The molecule has 1 heterocycles. The van der Waals surface area contributed by atoms with Crippen molar-refractivity contribution in [3.63, 3.8) is 0 Å². The molecule has 1 aliphatic rings. The van der Waals surface area contributed by atoms with Crippen molar-refractivity contribution in [2.45, 2.75) is 26.2 Å². The van der Waals surface area contributed by atoms with E-state index in [1.807, 2.05) is 0 Å². The normalized spacial score (nSPS) is 13.2. The highest BCUT2D eigenvalue weighted by Crippen LogP contribution is 2.39. The van der Waals surface area contributed by atoms with Crippen molar-refractivity contribution in [2.75, 3.05) is 13.1 Å². The van der Waals surface area contributed by atoms with Crippen molar-refractivity contribution < 1.29 is 29.1 Å². The van der Waals surface area contributed by atoms with E-state index in [2.05, 4.69) is 6.92 Å². The quantitative estimate of drug-likeness (QED) is 0.610. The SMILES string of the molecule is CCCCCOc1ccc2c(c1C(=O)O)OB(O)CO2. The number of hydrogen-bond donors (Lipinski definition) is 2. The van der Waals surface area contributed by atoms with Gasteiger partial charge < -0.3 is 24.3 Å². The molecule has 108 valence electrons. The molecule has 1 aromatic rings. The first-order valence-corrected chi connectivity index (χ1v) is 6.64. The van der Waals surface area contributed by atoms with Crippen LogP contribution in [-0.2, 0) is 0 Å². The maximum Gasteiger partial charge on any atom is 0.563 e. The molecule has 20 heavy (non-hydrogen) atoms. The second-order valence-corrected chi connectivity index (χ2v) is 4.51. The lowest BCUT2D eigenvalue weighted by Gasteiger charge is -2.23. The zero-order valence-corrected chi connectivity index (χ0v) is 11.3. The van der Waals surface area contributed by atoms with Crippen LogP contribution in [-0.4, -0.2) is 36.3 Å². The third-order valence-corrected chi connectivity index (χ3v) is 2.94. The first kappa shape index (κ1) is 14.5. The van der Waals surface area contributed by atoms with Crippen LogP contribution in [0.4, 0.5) is 0 Å². The number of ether oxygens (including phenoxy) is 2. The summed E-state index contributed by atoms with van der Waals surface area (Å²) in [5, 5.41) is 18.7. The number of benzene rings is 1. The van der Waals surface area contributed by atoms with Crippen molar-refractivity contribution in [1.29, 1.82) is 0 Å². The zero-order chi connectivity index (χ0) is 14.5. The largest absolute Gasteiger partial charge is 0.563 e. The predicted octanol–water partition coefficient (Wildman–Crippen LogP) is 1.74. The molecule has 2 N–H and O–H groups in total. The Morgan fingerprint density at radius 3 is 2.95 bits per heavy atom. The Morgan fingerprint density at radius 2 is 2.25 bits per heavy atom. The lowest BCUT2D eigenvalue weighted by atomic mass is 9.91. The smallest absolute Gasteiger partial charge is 0.531 e. The molecule has 0 amide bonds. The van der Waals surface area contributed by atoms with E-state index in [0.29, 0.717) is 12.4 Å². The average Bonchev–Trinajstić information content (AvgIpc) is 2.42. The molecule has 0 aromatic heterocycles. The summed E-state index contributed by atoms with van der Waals surface area (Å²) in [6.07, 6.45) is 2.93. The summed E-state index contributed by atoms with van der Waals surface area (Å²) in [6, 6.07) is 3.14. The fourth-order valence-corrected chi connectivity index (χ4v) is 1.96. The summed E-state index contributed by atoms with van der Waals surface area (Å²) in [6.45, 7) is 2.49. The van der Waals surface area contributed by atoms with Crippen LogP contribution in [0, 0.1) is 0 Å². The maximum atomic E-state index is 11.4. The molecule has 0 bridgehead atoms. The summed E-state index contributed by atoms with van der Waals surface area (Å²) in [5.41, 5.74) is -0.113. The summed E-state index contributed by atoms with van der Waals surface area (Å²) < 4.78 is 15.9. The predicted molar refractivity (Wildman–Crippen MR) is 72.5 cm³/mol. The van der Waals surface area contributed by atoms with E-state index in [4.69, 9.17) is 14.1 Å². The Morgan fingerprint density at radius 1 is 1.45 bits per heavy atom. The Bertz CT molecular complexity index is 490. The molecule has 0 fully saturated rings. The highest BCUT2D eigenvalue weighted by Gasteiger charge is 2.31. The number of fused-ring (bicyclic) bond motifs is 1. The van der Waals surface area contributed by atoms with E-state index in [-0.39, 0.29) is 23.6 Å². The van der Waals surface area contributed by atoms with Crippen LogP contribution in [0.25, 0.3) is 0 Å². The molecule has 0 unspecified atom stereocenters. The molecule has 1 aliphatic heterocycles. The van der Waals surface area contributed by atoms with Crippen LogP contribution in [0.2, 0.25) is 0 Å². The van der Waals surface area contributed by atoms with Crippen molar-refractivity contribution in [3.8, 4) is 17.2 Å².